The molecule has 0 spiro atoms. The molecule has 6 aromatic rings. The fourth-order valence-corrected chi connectivity index (χ4v) is 8.26. The van der Waals surface area contributed by atoms with E-state index >= 15 is 0 Å². The van der Waals surface area contributed by atoms with Crippen LogP contribution >= 0.6 is 0 Å². The van der Waals surface area contributed by atoms with Gasteiger partial charge in [-0.15, -0.1) is 47.5 Å². The van der Waals surface area contributed by atoms with Gasteiger partial charge in [0, 0.05) is 37.9 Å². The van der Waals surface area contributed by atoms with Crippen molar-refractivity contribution >= 4 is 35.3 Å². The summed E-state index contributed by atoms with van der Waals surface area (Å²) in [5.41, 5.74) is 9.94. The van der Waals surface area contributed by atoms with Gasteiger partial charge in [-0.2, -0.15) is 5.26 Å². The Morgan fingerprint density at radius 1 is 0.918 bits per heavy atom. The maximum absolute atomic E-state index is 9.18. The SMILES string of the molecule is C[Si](C)(C)c1cnc(-c2[c-]cccc2)cc1C1CCCC1.Cc1cnc(-c2[c-]nc3oc4ccc(C#N)cc4c3c2)cc1CC(C)(C)C.[Ir]. The zero-order valence-corrected chi connectivity index (χ0v) is 33.0. The van der Waals surface area contributed by atoms with E-state index in [1.165, 1.54) is 36.8 Å². The number of pyridine rings is 3. The van der Waals surface area contributed by atoms with E-state index in [-0.39, 0.29) is 25.5 Å². The number of hydrogen-bond acceptors (Lipinski definition) is 5. The first-order chi connectivity index (χ1) is 22.9. The van der Waals surface area contributed by atoms with E-state index < -0.39 is 8.07 Å². The van der Waals surface area contributed by atoms with Crippen molar-refractivity contribution in [3.05, 3.63) is 108 Å². The molecule has 253 valence electrons. The van der Waals surface area contributed by atoms with Gasteiger partial charge in [0.15, 0.2) is 0 Å². The topological polar surface area (TPSA) is 75.6 Å². The summed E-state index contributed by atoms with van der Waals surface area (Å²) >= 11 is 0. The molecule has 5 nitrogen and oxygen atoms in total. The van der Waals surface area contributed by atoms with Crippen molar-refractivity contribution in [3.8, 4) is 28.6 Å². The Hall–Kier alpha value is -3.95. The number of nitrogens with zero attached hydrogens (tertiary/aromatic N) is 4. The van der Waals surface area contributed by atoms with Crippen molar-refractivity contribution < 1.29 is 24.5 Å². The van der Waals surface area contributed by atoms with Crippen LogP contribution in [0, 0.1) is 35.9 Å². The monoisotopic (exact) mass is 841 g/mol. The molecule has 0 N–H and O–H groups in total. The van der Waals surface area contributed by atoms with Crippen LogP contribution in [0.4, 0.5) is 0 Å². The van der Waals surface area contributed by atoms with E-state index in [4.69, 9.17) is 9.40 Å². The molecule has 1 aliphatic carbocycles. The number of aromatic nitrogens is 3. The summed E-state index contributed by atoms with van der Waals surface area (Å²) in [5, 5.41) is 12.5. The normalized spacial score (nSPS) is 13.5. The summed E-state index contributed by atoms with van der Waals surface area (Å²) in [6.45, 7) is 16.1. The largest absolute Gasteiger partial charge is 0.483 e. The number of fused-ring (bicyclic) bond motifs is 3. The molecule has 1 radical (unpaired) electrons. The molecular formula is C42H44IrN4OSi-2. The zero-order chi connectivity index (χ0) is 34.1. The number of furan rings is 1. The van der Waals surface area contributed by atoms with Crippen molar-refractivity contribution in [3.63, 3.8) is 0 Å². The minimum Gasteiger partial charge on any atom is -0.483 e. The predicted octanol–water partition coefficient (Wildman–Crippen LogP) is 10.4. The Morgan fingerprint density at radius 3 is 2.33 bits per heavy atom. The fourth-order valence-electron chi connectivity index (χ4n) is 6.66. The molecule has 1 saturated carbocycles. The number of benzene rings is 2. The molecule has 0 aliphatic heterocycles. The second kappa shape index (κ2) is 14.9. The predicted molar refractivity (Wildman–Crippen MR) is 199 cm³/mol. The van der Waals surface area contributed by atoms with Gasteiger partial charge in [-0.25, -0.2) is 0 Å². The average molecular weight is 841 g/mol. The molecular weight excluding hydrogens is 797 g/mol. The van der Waals surface area contributed by atoms with Gasteiger partial charge in [0.1, 0.15) is 11.3 Å². The molecule has 49 heavy (non-hydrogen) atoms. The number of rotatable bonds is 5. The molecule has 1 fully saturated rings. The minimum atomic E-state index is -1.34. The maximum Gasteiger partial charge on any atom is 0.141 e. The molecule has 0 saturated heterocycles. The summed E-state index contributed by atoms with van der Waals surface area (Å²) in [6, 6.07) is 25.5. The molecule has 7 heteroatoms. The van der Waals surface area contributed by atoms with Crippen molar-refractivity contribution in [1.82, 2.24) is 15.0 Å². The average Bonchev–Trinajstić information content (AvgIpc) is 3.73. The van der Waals surface area contributed by atoms with Crippen LogP contribution in [0.5, 0.6) is 0 Å². The molecule has 2 aromatic carbocycles. The van der Waals surface area contributed by atoms with Crippen LogP contribution in [0.25, 0.3) is 44.6 Å². The van der Waals surface area contributed by atoms with Gasteiger partial charge >= 0.3 is 0 Å². The molecule has 0 atom stereocenters. The minimum absolute atomic E-state index is 0. The van der Waals surface area contributed by atoms with Crippen LogP contribution < -0.4 is 5.19 Å². The second-order valence-electron chi connectivity index (χ2n) is 15.3. The van der Waals surface area contributed by atoms with Crippen LogP contribution in [0.1, 0.15) is 74.6 Å². The standard InChI is InChI=1S/C23H20N3O.C19H24NSi.Ir/c1-14-12-25-20(9-16(14)10-23(2,3)4)17-8-19-18-7-15(11-24)5-6-21(18)27-22(19)26-13-17;1-21(2,3)19-14-20-18(16-11-5-4-6-12-16)13-17(19)15-9-7-8-10-15;/h5-9,12H,10H2,1-4H3;4-6,11,13-15H,7-10H2,1-3H3;/q2*-1;. The van der Waals surface area contributed by atoms with Gasteiger partial charge in [0.05, 0.1) is 19.7 Å². The maximum atomic E-state index is 9.18. The molecule has 0 unspecified atom stereocenters. The van der Waals surface area contributed by atoms with Crippen molar-refractivity contribution in [2.24, 2.45) is 5.41 Å². The van der Waals surface area contributed by atoms with Crippen molar-refractivity contribution in [2.45, 2.75) is 85.4 Å². The number of nitriles is 1. The Balaban J connectivity index is 0.000000193. The summed E-state index contributed by atoms with van der Waals surface area (Å²) < 4.78 is 5.78. The van der Waals surface area contributed by atoms with E-state index in [2.05, 4.69) is 106 Å². The van der Waals surface area contributed by atoms with E-state index in [9.17, 15) is 5.26 Å². The van der Waals surface area contributed by atoms with Crippen LogP contribution in [-0.2, 0) is 26.5 Å². The van der Waals surface area contributed by atoms with E-state index in [0.29, 0.717) is 16.9 Å². The first-order valence-electron chi connectivity index (χ1n) is 17.0. The fraction of sp³-hybridized carbons (Fsp3) is 0.333. The molecule has 0 amide bonds. The third kappa shape index (κ3) is 8.44. The molecule has 4 heterocycles. The summed E-state index contributed by atoms with van der Waals surface area (Å²) in [5.74, 6) is 0.747. The Labute approximate surface area is 305 Å². The summed E-state index contributed by atoms with van der Waals surface area (Å²) in [6.07, 6.45) is 13.6. The second-order valence-corrected chi connectivity index (χ2v) is 20.4. The van der Waals surface area contributed by atoms with Crippen LogP contribution in [0.2, 0.25) is 19.6 Å². The van der Waals surface area contributed by atoms with E-state index in [1.54, 1.807) is 22.9 Å². The van der Waals surface area contributed by atoms with Crippen molar-refractivity contribution in [2.75, 3.05) is 0 Å². The van der Waals surface area contributed by atoms with Gasteiger partial charge in [0.25, 0.3) is 0 Å². The third-order valence-corrected chi connectivity index (χ3v) is 11.2. The smallest absolute Gasteiger partial charge is 0.141 e. The van der Waals surface area contributed by atoms with Gasteiger partial charge in [0.2, 0.25) is 0 Å². The van der Waals surface area contributed by atoms with Crippen LogP contribution in [-0.4, -0.2) is 23.0 Å². The molecule has 4 aromatic heterocycles. The Bertz CT molecular complexity index is 2110. The first-order valence-corrected chi connectivity index (χ1v) is 20.5. The van der Waals surface area contributed by atoms with E-state index in [1.807, 2.05) is 30.5 Å². The summed E-state index contributed by atoms with van der Waals surface area (Å²) in [7, 11) is -1.34. The third-order valence-electron chi connectivity index (χ3n) is 9.14. The quantitative estimate of drug-likeness (QED) is 0.128. The van der Waals surface area contributed by atoms with Crippen LogP contribution in [0.3, 0.4) is 0 Å². The number of hydrogen-bond donors (Lipinski definition) is 0. The van der Waals surface area contributed by atoms with Gasteiger partial charge < -0.3 is 19.4 Å². The number of aryl methyl sites for hydroxylation is 1. The summed E-state index contributed by atoms with van der Waals surface area (Å²) in [4.78, 5) is 13.7. The molecule has 1 aliphatic rings. The Kier molecular flexibility index (Phi) is 11.0. The van der Waals surface area contributed by atoms with Gasteiger partial charge in [-0.3, -0.25) is 0 Å². The molecule has 0 bridgehead atoms. The first kappa shape index (κ1) is 36.3. The zero-order valence-electron chi connectivity index (χ0n) is 29.6. The van der Waals surface area contributed by atoms with Crippen molar-refractivity contribution in [1.29, 1.82) is 5.26 Å². The van der Waals surface area contributed by atoms with Gasteiger partial charge in [-0.1, -0.05) is 76.5 Å². The van der Waals surface area contributed by atoms with Gasteiger partial charge in [-0.05, 0) is 89.4 Å². The Morgan fingerprint density at radius 2 is 1.65 bits per heavy atom. The molecule has 7 rings (SSSR count). The van der Waals surface area contributed by atoms with Crippen LogP contribution in [0.15, 0.2) is 77.5 Å². The van der Waals surface area contributed by atoms with E-state index in [0.717, 1.165) is 45.6 Å².